The Bertz CT molecular complexity index is 1020. The number of nitrogens with zero attached hydrogens (tertiary/aromatic N) is 4. The van der Waals surface area contributed by atoms with Gasteiger partial charge in [-0.05, 0) is 18.6 Å². The number of anilines is 1. The van der Waals surface area contributed by atoms with Crippen molar-refractivity contribution < 1.29 is 14.2 Å². The molecule has 0 spiro atoms. The molecule has 3 rings (SSSR count). The Morgan fingerprint density at radius 3 is 2.60 bits per heavy atom. The van der Waals surface area contributed by atoms with Crippen LogP contribution in [-0.4, -0.2) is 60.1 Å². The highest BCUT2D eigenvalue weighted by molar-refractivity contribution is 5.78. The van der Waals surface area contributed by atoms with Crippen molar-refractivity contribution in [2.45, 2.75) is 19.9 Å². The predicted molar refractivity (Wildman–Crippen MR) is 115 cm³/mol. The van der Waals surface area contributed by atoms with Gasteiger partial charge in [0.25, 0.3) is 5.56 Å². The van der Waals surface area contributed by atoms with Gasteiger partial charge in [0.1, 0.15) is 0 Å². The van der Waals surface area contributed by atoms with Gasteiger partial charge in [-0.2, -0.15) is 0 Å². The number of ether oxygens (including phenoxy) is 3. The number of methoxy groups -OCH3 is 2. The summed E-state index contributed by atoms with van der Waals surface area (Å²) in [4.78, 5) is 26.2. The third kappa shape index (κ3) is 5.11. The van der Waals surface area contributed by atoms with Crippen LogP contribution >= 0.6 is 0 Å². The van der Waals surface area contributed by atoms with E-state index in [1.54, 1.807) is 37.2 Å². The van der Waals surface area contributed by atoms with Gasteiger partial charge in [-0.1, -0.05) is 6.92 Å². The predicted octanol–water partition coefficient (Wildman–Crippen LogP) is 2.35. The SMILES string of the molecule is CCCOCCn1c(=O)c(NCCOC)nc2ncc(-c3ccc(OC)nc3)cc21. The average Bonchev–Trinajstić information content (AvgIpc) is 2.78. The molecule has 0 unspecified atom stereocenters. The zero-order valence-corrected chi connectivity index (χ0v) is 17.6. The number of aromatic nitrogens is 4. The second-order valence-electron chi connectivity index (χ2n) is 6.61. The van der Waals surface area contributed by atoms with Crippen molar-refractivity contribution in [2.24, 2.45) is 0 Å². The van der Waals surface area contributed by atoms with E-state index >= 15 is 0 Å². The Labute approximate surface area is 175 Å². The van der Waals surface area contributed by atoms with Crippen molar-refractivity contribution in [3.63, 3.8) is 0 Å². The van der Waals surface area contributed by atoms with Gasteiger partial charge in [0, 0.05) is 56.4 Å². The molecule has 0 saturated heterocycles. The summed E-state index contributed by atoms with van der Waals surface area (Å²) in [5, 5.41) is 3.03. The molecule has 0 saturated carbocycles. The van der Waals surface area contributed by atoms with Crippen molar-refractivity contribution in [2.75, 3.05) is 45.9 Å². The van der Waals surface area contributed by atoms with Crippen molar-refractivity contribution >= 4 is 17.0 Å². The van der Waals surface area contributed by atoms with Gasteiger partial charge in [0.15, 0.2) is 11.5 Å². The topological polar surface area (TPSA) is 100 Å². The van der Waals surface area contributed by atoms with Crippen LogP contribution < -0.4 is 15.6 Å². The van der Waals surface area contributed by atoms with Crippen LogP contribution in [0.15, 0.2) is 35.4 Å². The van der Waals surface area contributed by atoms with E-state index in [4.69, 9.17) is 14.2 Å². The molecule has 0 amide bonds. The third-order valence-electron chi connectivity index (χ3n) is 4.49. The molecule has 30 heavy (non-hydrogen) atoms. The molecule has 1 N–H and O–H groups in total. The highest BCUT2D eigenvalue weighted by Crippen LogP contribution is 2.23. The molecule has 0 fully saturated rings. The first-order valence-corrected chi connectivity index (χ1v) is 9.89. The molecule has 0 atom stereocenters. The first-order chi connectivity index (χ1) is 14.7. The summed E-state index contributed by atoms with van der Waals surface area (Å²) in [7, 11) is 3.18. The smallest absolute Gasteiger partial charge is 0.293 e. The molecule has 3 heterocycles. The minimum Gasteiger partial charge on any atom is -0.481 e. The van der Waals surface area contributed by atoms with Gasteiger partial charge in [-0.3, -0.25) is 9.36 Å². The molecule has 9 heteroatoms. The summed E-state index contributed by atoms with van der Waals surface area (Å²) in [6.45, 7) is 4.48. The Kier molecular flexibility index (Phi) is 7.69. The molecule has 9 nitrogen and oxygen atoms in total. The lowest BCUT2D eigenvalue weighted by Gasteiger charge is -2.14. The Morgan fingerprint density at radius 2 is 1.90 bits per heavy atom. The number of hydrogen-bond acceptors (Lipinski definition) is 8. The van der Waals surface area contributed by atoms with E-state index in [2.05, 4.69) is 20.3 Å². The van der Waals surface area contributed by atoms with Crippen molar-refractivity contribution in [1.29, 1.82) is 0 Å². The largest absolute Gasteiger partial charge is 0.481 e. The Morgan fingerprint density at radius 1 is 1.07 bits per heavy atom. The van der Waals surface area contributed by atoms with Crippen LogP contribution in [0.5, 0.6) is 5.88 Å². The summed E-state index contributed by atoms with van der Waals surface area (Å²) in [6.07, 6.45) is 4.36. The van der Waals surface area contributed by atoms with E-state index in [-0.39, 0.29) is 11.4 Å². The van der Waals surface area contributed by atoms with E-state index in [1.165, 1.54) is 0 Å². The summed E-state index contributed by atoms with van der Waals surface area (Å²) in [5.41, 5.74) is 2.61. The Hall–Kier alpha value is -3.04. The highest BCUT2D eigenvalue weighted by Gasteiger charge is 2.13. The van der Waals surface area contributed by atoms with E-state index in [1.807, 2.05) is 19.1 Å². The molecule has 3 aromatic heterocycles. The molecule has 0 radical (unpaired) electrons. The summed E-state index contributed by atoms with van der Waals surface area (Å²) in [5.74, 6) is 0.785. The van der Waals surface area contributed by atoms with Gasteiger partial charge in [0.2, 0.25) is 5.88 Å². The van der Waals surface area contributed by atoms with Crippen LogP contribution in [-0.2, 0) is 16.0 Å². The molecule has 0 aliphatic carbocycles. The van der Waals surface area contributed by atoms with Crippen LogP contribution in [0, 0.1) is 0 Å². The van der Waals surface area contributed by atoms with Crippen LogP contribution in [0.3, 0.4) is 0 Å². The highest BCUT2D eigenvalue weighted by atomic mass is 16.5. The van der Waals surface area contributed by atoms with Crippen molar-refractivity contribution in [3.05, 3.63) is 40.9 Å². The summed E-state index contributed by atoms with van der Waals surface area (Å²) < 4.78 is 17.4. The quantitative estimate of drug-likeness (QED) is 0.478. The number of hydrogen-bond donors (Lipinski definition) is 1. The maximum atomic E-state index is 13.1. The minimum atomic E-state index is -0.217. The van der Waals surface area contributed by atoms with E-state index < -0.39 is 0 Å². The van der Waals surface area contributed by atoms with Gasteiger partial charge in [-0.25, -0.2) is 15.0 Å². The normalized spacial score (nSPS) is 11.0. The zero-order chi connectivity index (χ0) is 21.3. The van der Waals surface area contributed by atoms with Gasteiger partial charge in [-0.15, -0.1) is 0 Å². The number of nitrogens with one attached hydrogen (secondary N) is 1. The fraction of sp³-hybridized carbons (Fsp3) is 0.429. The monoisotopic (exact) mass is 413 g/mol. The Balaban J connectivity index is 2.01. The number of pyridine rings is 2. The van der Waals surface area contributed by atoms with Crippen LogP contribution in [0.1, 0.15) is 13.3 Å². The molecule has 3 aromatic rings. The first-order valence-electron chi connectivity index (χ1n) is 9.89. The lowest BCUT2D eigenvalue weighted by molar-refractivity contribution is 0.127. The fourth-order valence-electron chi connectivity index (χ4n) is 2.96. The summed E-state index contributed by atoms with van der Waals surface area (Å²) in [6, 6.07) is 5.58. The zero-order valence-electron chi connectivity index (χ0n) is 17.6. The lowest BCUT2D eigenvalue weighted by Crippen LogP contribution is -2.28. The molecule has 0 aliphatic heterocycles. The minimum absolute atomic E-state index is 0.217. The van der Waals surface area contributed by atoms with Gasteiger partial charge < -0.3 is 19.5 Å². The molecule has 160 valence electrons. The number of fused-ring (bicyclic) bond motifs is 1. The fourth-order valence-corrected chi connectivity index (χ4v) is 2.96. The second kappa shape index (κ2) is 10.7. The third-order valence-corrected chi connectivity index (χ3v) is 4.49. The summed E-state index contributed by atoms with van der Waals surface area (Å²) >= 11 is 0. The van der Waals surface area contributed by atoms with Gasteiger partial charge in [0.05, 0.1) is 25.8 Å². The first kappa shape index (κ1) is 21.7. The lowest BCUT2D eigenvalue weighted by atomic mass is 10.1. The molecular formula is C21H27N5O4. The standard InChI is InChI=1S/C21H27N5O4/c1-4-9-30-11-8-26-17-12-16(15-5-6-18(29-3)23-13-15)14-24-19(17)25-20(21(26)27)22-7-10-28-2/h5-6,12-14H,4,7-11H2,1-3H3,(H,22,24,25). The van der Waals surface area contributed by atoms with E-state index in [0.29, 0.717) is 50.0 Å². The van der Waals surface area contributed by atoms with Crippen LogP contribution in [0.2, 0.25) is 0 Å². The second-order valence-corrected chi connectivity index (χ2v) is 6.61. The van der Waals surface area contributed by atoms with Gasteiger partial charge >= 0.3 is 0 Å². The average molecular weight is 413 g/mol. The van der Waals surface area contributed by atoms with E-state index in [0.717, 1.165) is 17.5 Å². The van der Waals surface area contributed by atoms with Crippen molar-refractivity contribution in [1.82, 2.24) is 19.5 Å². The molecule has 0 aliphatic rings. The van der Waals surface area contributed by atoms with Crippen LogP contribution in [0.25, 0.3) is 22.3 Å². The van der Waals surface area contributed by atoms with Crippen LogP contribution in [0.4, 0.5) is 5.82 Å². The number of rotatable bonds is 11. The maximum absolute atomic E-state index is 13.1. The maximum Gasteiger partial charge on any atom is 0.293 e. The molecular weight excluding hydrogens is 386 g/mol. The van der Waals surface area contributed by atoms with Crippen molar-refractivity contribution in [3.8, 4) is 17.0 Å². The molecule has 0 bridgehead atoms. The van der Waals surface area contributed by atoms with E-state index in [9.17, 15) is 4.79 Å². The molecule has 0 aromatic carbocycles.